The molecule has 1 heterocycles. The fourth-order valence-electron chi connectivity index (χ4n) is 2.82. The first-order valence-corrected chi connectivity index (χ1v) is 9.13. The fraction of sp³-hybridized carbons (Fsp3) is 0.263. The summed E-state index contributed by atoms with van der Waals surface area (Å²) in [6, 6.07) is 12.5. The van der Waals surface area contributed by atoms with Crippen LogP contribution in [0.1, 0.15) is 27.6 Å². The van der Waals surface area contributed by atoms with Gasteiger partial charge in [-0.25, -0.2) is 4.79 Å². The third-order valence-corrected chi connectivity index (χ3v) is 5.19. The molecule has 0 fully saturated rings. The largest absolute Gasteiger partial charge is 0.465 e. The number of nitrogens with zero attached hydrogens (tertiary/aromatic N) is 1. The molecule has 0 aromatic heterocycles. The third-order valence-electron chi connectivity index (χ3n) is 4.14. The molecule has 0 atom stereocenters. The Hall–Kier alpha value is -2.47. The van der Waals surface area contributed by atoms with Crippen molar-refractivity contribution in [3.63, 3.8) is 0 Å². The Balaban J connectivity index is 1.87. The number of carbonyl (C=O) groups excluding carboxylic acids is 2. The quantitative estimate of drug-likeness (QED) is 0.847. The predicted octanol–water partition coefficient (Wildman–Crippen LogP) is 3.66. The van der Waals surface area contributed by atoms with Gasteiger partial charge in [-0.15, -0.1) is 11.8 Å². The van der Waals surface area contributed by atoms with Crippen LogP contribution in [0.2, 0.25) is 0 Å². The summed E-state index contributed by atoms with van der Waals surface area (Å²) in [5, 5.41) is 2.82. The molecule has 0 unspecified atom stereocenters. The topological polar surface area (TPSA) is 58.6 Å². The Morgan fingerprint density at radius 1 is 1.24 bits per heavy atom. The van der Waals surface area contributed by atoms with Gasteiger partial charge in [-0.05, 0) is 37.3 Å². The maximum Gasteiger partial charge on any atom is 0.339 e. The average Bonchev–Trinajstić information content (AvgIpc) is 2.66. The summed E-state index contributed by atoms with van der Waals surface area (Å²) in [5.74, 6) is 0.333. The van der Waals surface area contributed by atoms with Crippen LogP contribution in [0.4, 0.5) is 11.4 Å². The lowest BCUT2D eigenvalue weighted by atomic mass is 10.1. The zero-order valence-corrected chi connectivity index (χ0v) is 15.1. The molecule has 5 nitrogen and oxygen atoms in total. The van der Waals surface area contributed by atoms with Gasteiger partial charge in [0.1, 0.15) is 0 Å². The molecule has 0 saturated carbocycles. The molecule has 2 aromatic carbocycles. The molecule has 1 amide bonds. The lowest BCUT2D eigenvalue weighted by molar-refractivity contribution is 0.0602. The third kappa shape index (κ3) is 3.64. The van der Waals surface area contributed by atoms with Crippen molar-refractivity contribution in [3.8, 4) is 0 Å². The Morgan fingerprint density at radius 3 is 2.80 bits per heavy atom. The van der Waals surface area contributed by atoms with Crippen LogP contribution in [0.15, 0.2) is 47.4 Å². The molecule has 1 N–H and O–H groups in total. The summed E-state index contributed by atoms with van der Waals surface area (Å²) in [5.41, 5.74) is 2.44. The van der Waals surface area contributed by atoms with Gasteiger partial charge in [0.15, 0.2) is 0 Å². The molecule has 0 aliphatic carbocycles. The van der Waals surface area contributed by atoms with Crippen LogP contribution in [0.25, 0.3) is 0 Å². The van der Waals surface area contributed by atoms with Crippen LogP contribution in [-0.2, 0) is 4.74 Å². The molecular weight excluding hydrogens is 336 g/mol. The normalized spacial score (nSPS) is 13.1. The van der Waals surface area contributed by atoms with E-state index >= 15 is 0 Å². The van der Waals surface area contributed by atoms with Gasteiger partial charge >= 0.3 is 5.97 Å². The van der Waals surface area contributed by atoms with Crippen molar-refractivity contribution in [2.75, 3.05) is 36.2 Å². The number of carbonyl (C=O) groups is 2. The Labute approximate surface area is 151 Å². The number of anilines is 2. The first kappa shape index (κ1) is 17.4. The van der Waals surface area contributed by atoms with Crippen molar-refractivity contribution >= 4 is 35.0 Å². The maximum atomic E-state index is 12.7. The number of hydrogen-bond acceptors (Lipinski definition) is 5. The maximum absolute atomic E-state index is 12.7. The zero-order chi connectivity index (χ0) is 17.8. The van der Waals surface area contributed by atoms with E-state index in [0.29, 0.717) is 16.8 Å². The number of esters is 1. The highest BCUT2D eigenvalue weighted by atomic mass is 32.2. The standard InChI is InChI=1S/C19H20N2O3S/c1-3-21-10-11-25-17-9-8-13(12-16(17)21)18(22)20-15-7-5-4-6-14(15)19(23)24-2/h4-9,12H,3,10-11H2,1-2H3,(H,20,22). The van der Waals surface area contributed by atoms with Crippen LogP contribution in [0, 0.1) is 0 Å². The van der Waals surface area contributed by atoms with Gasteiger partial charge in [0.25, 0.3) is 5.91 Å². The number of ether oxygens (including phenoxy) is 1. The number of hydrogen-bond donors (Lipinski definition) is 1. The van der Waals surface area contributed by atoms with Gasteiger partial charge in [-0.1, -0.05) is 12.1 Å². The van der Waals surface area contributed by atoms with Crippen LogP contribution in [0.3, 0.4) is 0 Å². The summed E-state index contributed by atoms with van der Waals surface area (Å²) < 4.78 is 4.77. The Morgan fingerprint density at radius 2 is 2.04 bits per heavy atom. The van der Waals surface area contributed by atoms with Crippen molar-refractivity contribution in [3.05, 3.63) is 53.6 Å². The van der Waals surface area contributed by atoms with Gasteiger partial charge in [0, 0.05) is 29.3 Å². The second-order valence-electron chi connectivity index (χ2n) is 5.60. The first-order chi connectivity index (χ1) is 12.1. The minimum Gasteiger partial charge on any atom is -0.465 e. The van der Waals surface area contributed by atoms with E-state index in [9.17, 15) is 9.59 Å². The summed E-state index contributed by atoms with van der Waals surface area (Å²) >= 11 is 1.81. The monoisotopic (exact) mass is 356 g/mol. The minimum absolute atomic E-state index is 0.245. The van der Waals surface area contributed by atoms with Crippen molar-refractivity contribution < 1.29 is 14.3 Å². The molecule has 25 heavy (non-hydrogen) atoms. The van der Waals surface area contributed by atoms with Crippen molar-refractivity contribution in [2.45, 2.75) is 11.8 Å². The van der Waals surface area contributed by atoms with Crippen LogP contribution in [-0.4, -0.2) is 37.8 Å². The van der Waals surface area contributed by atoms with Crippen LogP contribution >= 0.6 is 11.8 Å². The molecule has 0 bridgehead atoms. The molecule has 0 saturated heterocycles. The van der Waals surface area contributed by atoms with Crippen LogP contribution < -0.4 is 10.2 Å². The van der Waals surface area contributed by atoms with E-state index in [2.05, 4.69) is 17.1 Å². The van der Waals surface area contributed by atoms with E-state index < -0.39 is 5.97 Å². The van der Waals surface area contributed by atoms with Crippen LogP contribution in [0.5, 0.6) is 0 Å². The summed E-state index contributed by atoms with van der Waals surface area (Å²) in [7, 11) is 1.32. The number of amides is 1. The zero-order valence-electron chi connectivity index (χ0n) is 14.2. The van der Waals surface area contributed by atoms with E-state index in [0.717, 1.165) is 24.5 Å². The van der Waals surface area contributed by atoms with Gasteiger partial charge in [-0.3, -0.25) is 4.79 Å². The van der Waals surface area contributed by atoms with E-state index in [1.54, 1.807) is 24.3 Å². The molecule has 1 aliphatic rings. The second-order valence-corrected chi connectivity index (χ2v) is 6.74. The highest BCUT2D eigenvalue weighted by molar-refractivity contribution is 7.99. The lowest BCUT2D eigenvalue weighted by Crippen LogP contribution is -2.29. The lowest BCUT2D eigenvalue weighted by Gasteiger charge is -2.30. The second kappa shape index (κ2) is 7.61. The molecule has 1 aliphatic heterocycles. The Bertz CT molecular complexity index is 807. The summed E-state index contributed by atoms with van der Waals surface area (Å²) in [6.07, 6.45) is 0. The van der Waals surface area contributed by atoms with E-state index in [1.165, 1.54) is 12.0 Å². The number of para-hydroxylation sites is 1. The predicted molar refractivity (Wildman–Crippen MR) is 101 cm³/mol. The highest BCUT2D eigenvalue weighted by Crippen LogP contribution is 2.35. The molecule has 0 radical (unpaired) electrons. The first-order valence-electron chi connectivity index (χ1n) is 8.14. The number of methoxy groups -OCH3 is 1. The smallest absolute Gasteiger partial charge is 0.339 e. The summed E-state index contributed by atoms with van der Waals surface area (Å²) in [6.45, 7) is 3.99. The van der Waals surface area contributed by atoms with Gasteiger partial charge in [0.2, 0.25) is 0 Å². The molecule has 0 spiro atoms. The fourth-order valence-corrected chi connectivity index (χ4v) is 3.85. The van der Waals surface area contributed by atoms with Crippen molar-refractivity contribution in [2.24, 2.45) is 0 Å². The molecule has 3 rings (SSSR count). The van der Waals surface area contributed by atoms with Gasteiger partial charge < -0.3 is 15.0 Å². The number of benzene rings is 2. The SMILES string of the molecule is CCN1CCSc2ccc(C(=O)Nc3ccccc3C(=O)OC)cc21. The number of fused-ring (bicyclic) bond motifs is 1. The van der Waals surface area contributed by atoms with E-state index in [-0.39, 0.29) is 5.91 Å². The Kier molecular flexibility index (Phi) is 5.28. The molecule has 2 aromatic rings. The van der Waals surface area contributed by atoms with Crippen molar-refractivity contribution in [1.29, 1.82) is 0 Å². The molecular formula is C19H20N2O3S. The molecule has 130 valence electrons. The van der Waals surface area contributed by atoms with Gasteiger partial charge in [0.05, 0.1) is 24.0 Å². The minimum atomic E-state index is -0.477. The van der Waals surface area contributed by atoms with Gasteiger partial charge in [-0.2, -0.15) is 0 Å². The summed E-state index contributed by atoms with van der Waals surface area (Å²) in [4.78, 5) is 28.0. The number of thioether (sulfide) groups is 1. The average molecular weight is 356 g/mol. The highest BCUT2D eigenvalue weighted by Gasteiger charge is 2.19. The van der Waals surface area contributed by atoms with E-state index in [4.69, 9.17) is 4.74 Å². The number of nitrogens with one attached hydrogen (secondary N) is 1. The number of rotatable bonds is 4. The molecule has 6 heteroatoms. The van der Waals surface area contributed by atoms with E-state index in [1.807, 2.05) is 30.0 Å². The van der Waals surface area contributed by atoms with Crippen molar-refractivity contribution in [1.82, 2.24) is 0 Å².